The lowest BCUT2D eigenvalue weighted by Gasteiger charge is -1.97. The summed E-state index contributed by atoms with van der Waals surface area (Å²) in [6.07, 6.45) is 7.15. The molecule has 2 aromatic rings. The van der Waals surface area contributed by atoms with E-state index in [1.54, 1.807) is 24.8 Å². The summed E-state index contributed by atoms with van der Waals surface area (Å²) < 4.78 is 8.88. The molecule has 0 radical (unpaired) electrons. The van der Waals surface area contributed by atoms with Crippen LogP contribution >= 0.6 is 32.6 Å². The van der Waals surface area contributed by atoms with E-state index in [4.69, 9.17) is 19.2 Å². The third kappa shape index (κ3) is 10.6. The lowest BCUT2D eigenvalue weighted by atomic mass is 10.1. The monoisotopic (exact) mass is 326 g/mol. The summed E-state index contributed by atoms with van der Waals surface area (Å²) in [7, 11) is -4.64. The number of pyridine rings is 2. The maximum Gasteiger partial charge on any atom is 0.466 e. The largest absolute Gasteiger partial charge is 0.466 e. The summed E-state index contributed by atoms with van der Waals surface area (Å²) in [6, 6.07) is 7.93. The van der Waals surface area contributed by atoms with E-state index >= 15 is 0 Å². The minimum absolute atomic E-state index is 0. The van der Waals surface area contributed by atoms with Gasteiger partial charge in [-0.15, -0.1) is 24.8 Å². The zero-order valence-electron chi connectivity index (χ0n) is 9.53. The van der Waals surface area contributed by atoms with Crippen LogP contribution in [0.1, 0.15) is 0 Å². The summed E-state index contributed by atoms with van der Waals surface area (Å²) in [5.74, 6) is 0. The van der Waals surface area contributed by atoms with Crippen molar-refractivity contribution in [3.63, 3.8) is 0 Å². The first-order valence-electron chi connectivity index (χ1n) is 4.55. The van der Waals surface area contributed by atoms with Gasteiger partial charge in [-0.3, -0.25) is 9.97 Å². The first-order valence-corrected chi connectivity index (χ1v) is 6.12. The molecule has 0 amide bonds. The average molecular weight is 327 g/mol. The van der Waals surface area contributed by atoms with E-state index in [9.17, 15) is 0 Å². The number of aromatic nitrogens is 2. The molecular formula is C10H13Cl2N2O4P. The fourth-order valence-corrected chi connectivity index (χ4v) is 1.09. The molecule has 2 heterocycles. The Labute approximate surface area is 122 Å². The predicted octanol–water partition coefficient (Wildman–Crippen LogP) is 2.06. The van der Waals surface area contributed by atoms with Gasteiger partial charge in [0.25, 0.3) is 0 Å². The SMILES string of the molecule is Cl.Cl.O=P(O)(O)O.c1cc(-c2ccncc2)ccn1. The highest BCUT2D eigenvalue weighted by molar-refractivity contribution is 7.45. The first-order chi connectivity index (χ1) is 7.97. The van der Waals surface area contributed by atoms with Crippen molar-refractivity contribution < 1.29 is 19.2 Å². The molecule has 106 valence electrons. The molecule has 0 aliphatic heterocycles. The Kier molecular flexibility index (Phi) is 10.5. The maximum absolute atomic E-state index is 8.88. The van der Waals surface area contributed by atoms with Crippen molar-refractivity contribution in [3.8, 4) is 11.1 Å². The Morgan fingerprint density at radius 1 is 0.737 bits per heavy atom. The highest BCUT2D eigenvalue weighted by atomic mass is 35.5. The van der Waals surface area contributed by atoms with Gasteiger partial charge in [-0.05, 0) is 35.4 Å². The second-order valence-electron chi connectivity index (χ2n) is 2.99. The summed E-state index contributed by atoms with van der Waals surface area (Å²) in [5, 5.41) is 0. The van der Waals surface area contributed by atoms with Crippen molar-refractivity contribution in [1.82, 2.24) is 9.97 Å². The lowest BCUT2D eigenvalue weighted by molar-refractivity contribution is 0.275. The van der Waals surface area contributed by atoms with Crippen LogP contribution in [0, 0.1) is 0 Å². The zero-order chi connectivity index (χ0) is 12.7. The molecule has 0 bridgehead atoms. The van der Waals surface area contributed by atoms with Crippen LogP contribution in [0.5, 0.6) is 0 Å². The molecule has 19 heavy (non-hydrogen) atoms. The molecule has 0 aromatic carbocycles. The Balaban J connectivity index is 0. The van der Waals surface area contributed by atoms with E-state index < -0.39 is 7.82 Å². The molecule has 0 saturated carbocycles. The van der Waals surface area contributed by atoms with Crippen molar-refractivity contribution in [1.29, 1.82) is 0 Å². The van der Waals surface area contributed by atoms with Crippen LogP contribution in [0.4, 0.5) is 0 Å². The van der Waals surface area contributed by atoms with Gasteiger partial charge in [0.1, 0.15) is 0 Å². The van der Waals surface area contributed by atoms with Crippen LogP contribution in [-0.2, 0) is 4.57 Å². The van der Waals surface area contributed by atoms with Gasteiger partial charge < -0.3 is 14.7 Å². The summed E-state index contributed by atoms with van der Waals surface area (Å²) in [4.78, 5) is 29.5. The first kappa shape index (κ1) is 20.3. The highest BCUT2D eigenvalue weighted by Gasteiger charge is 2.00. The molecule has 2 aromatic heterocycles. The molecular weight excluding hydrogens is 314 g/mol. The van der Waals surface area contributed by atoms with Gasteiger partial charge in [0.05, 0.1) is 0 Å². The third-order valence-electron chi connectivity index (χ3n) is 1.69. The maximum atomic E-state index is 8.88. The Morgan fingerprint density at radius 3 is 1.16 bits per heavy atom. The lowest BCUT2D eigenvalue weighted by Crippen LogP contribution is -1.77. The molecule has 0 aliphatic carbocycles. The molecule has 6 nitrogen and oxygen atoms in total. The minimum atomic E-state index is -4.64. The van der Waals surface area contributed by atoms with Crippen LogP contribution in [0.3, 0.4) is 0 Å². The summed E-state index contributed by atoms with van der Waals surface area (Å²) in [5.41, 5.74) is 2.35. The van der Waals surface area contributed by atoms with Crippen molar-refractivity contribution in [3.05, 3.63) is 49.1 Å². The molecule has 0 atom stereocenters. The Bertz CT molecular complexity index is 450. The van der Waals surface area contributed by atoms with Crippen molar-refractivity contribution >= 4 is 32.6 Å². The van der Waals surface area contributed by atoms with E-state index in [0.29, 0.717) is 0 Å². The molecule has 0 aliphatic rings. The fraction of sp³-hybridized carbons (Fsp3) is 0. The Hall–Kier alpha value is -1.01. The normalized spacial score (nSPS) is 9.21. The van der Waals surface area contributed by atoms with Gasteiger partial charge in [-0.2, -0.15) is 0 Å². The number of nitrogens with zero attached hydrogens (tertiary/aromatic N) is 2. The average Bonchev–Trinajstić information content (AvgIpc) is 2.29. The standard InChI is InChI=1S/C10H8N2.2ClH.H3O4P/c1-5-11-6-2-9(1)10-3-7-12-8-4-10;;;1-5(2,3)4/h1-8H;2*1H;(H3,1,2,3,4). The van der Waals surface area contributed by atoms with Gasteiger partial charge >= 0.3 is 7.82 Å². The van der Waals surface area contributed by atoms with Gasteiger partial charge in [0, 0.05) is 24.8 Å². The minimum Gasteiger partial charge on any atom is -0.303 e. The zero-order valence-corrected chi connectivity index (χ0v) is 12.1. The predicted molar refractivity (Wildman–Crippen MR) is 76.2 cm³/mol. The Morgan fingerprint density at radius 2 is 0.947 bits per heavy atom. The third-order valence-corrected chi connectivity index (χ3v) is 1.69. The van der Waals surface area contributed by atoms with Gasteiger partial charge in [-0.1, -0.05) is 0 Å². The fourth-order valence-electron chi connectivity index (χ4n) is 1.09. The van der Waals surface area contributed by atoms with Gasteiger partial charge in [-0.25, -0.2) is 4.57 Å². The van der Waals surface area contributed by atoms with E-state index in [-0.39, 0.29) is 24.8 Å². The van der Waals surface area contributed by atoms with Crippen molar-refractivity contribution in [2.75, 3.05) is 0 Å². The van der Waals surface area contributed by atoms with Crippen LogP contribution in [0.2, 0.25) is 0 Å². The van der Waals surface area contributed by atoms with Crippen molar-refractivity contribution in [2.24, 2.45) is 0 Å². The number of halogens is 2. The van der Waals surface area contributed by atoms with Crippen LogP contribution in [0.25, 0.3) is 11.1 Å². The summed E-state index contributed by atoms with van der Waals surface area (Å²) in [6.45, 7) is 0. The number of phosphoric acid groups is 1. The van der Waals surface area contributed by atoms with E-state index in [1.165, 1.54) is 11.1 Å². The van der Waals surface area contributed by atoms with E-state index in [0.717, 1.165) is 0 Å². The van der Waals surface area contributed by atoms with Crippen molar-refractivity contribution in [2.45, 2.75) is 0 Å². The second-order valence-corrected chi connectivity index (χ2v) is 4.01. The quantitative estimate of drug-likeness (QED) is 0.693. The molecule has 0 saturated heterocycles. The van der Waals surface area contributed by atoms with E-state index in [2.05, 4.69) is 9.97 Å². The molecule has 2 rings (SSSR count). The van der Waals surface area contributed by atoms with Crippen LogP contribution in [0.15, 0.2) is 49.1 Å². The van der Waals surface area contributed by atoms with Crippen LogP contribution < -0.4 is 0 Å². The number of hydrogen-bond donors (Lipinski definition) is 3. The van der Waals surface area contributed by atoms with E-state index in [1.807, 2.05) is 24.3 Å². The summed E-state index contributed by atoms with van der Waals surface area (Å²) >= 11 is 0. The smallest absolute Gasteiger partial charge is 0.303 e. The molecule has 0 fully saturated rings. The number of rotatable bonds is 1. The van der Waals surface area contributed by atoms with Gasteiger partial charge in [0.2, 0.25) is 0 Å². The van der Waals surface area contributed by atoms with Crippen LogP contribution in [-0.4, -0.2) is 24.6 Å². The molecule has 0 spiro atoms. The molecule has 9 heteroatoms. The highest BCUT2D eigenvalue weighted by Crippen LogP contribution is 2.25. The molecule has 0 unspecified atom stereocenters. The topological polar surface area (TPSA) is 104 Å². The second kappa shape index (κ2) is 9.86. The molecule has 3 N–H and O–H groups in total. The number of hydrogen-bond acceptors (Lipinski definition) is 3. The van der Waals surface area contributed by atoms with Gasteiger partial charge in [0.15, 0.2) is 0 Å².